The zero-order valence-corrected chi connectivity index (χ0v) is 13.6. The molecular formula is C18H12N4O4. The number of hydrogen-bond donors (Lipinski definition) is 1. The summed E-state index contributed by atoms with van der Waals surface area (Å²) in [7, 11) is 0. The molecule has 26 heavy (non-hydrogen) atoms. The number of nitrogens with one attached hydrogen (secondary N) is 1. The Labute approximate surface area is 147 Å². The number of allylic oxidation sites excluding steroid dienone is 1. The predicted octanol–water partition coefficient (Wildman–Crippen LogP) is 3.57. The van der Waals surface area contributed by atoms with Gasteiger partial charge in [0.2, 0.25) is 6.79 Å². The zero-order valence-electron chi connectivity index (χ0n) is 13.6. The Kier molecular flexibility index (Phi) is 3.55. The SMILES string of the molecule is Cc1ccc2nc(/C(C#N)=C/c3cc4c(cc3[N+](=O)[O-])OCO4)[nH]c2c1. The van der Waals surface area contributed by atoms with Gasteiger partial charge < -0.3 is 14.5 Å². The van der Waals surface area contributed by atoms with Crippen LogP contribution >= 0.6 is 0 Å². The molecule has 0 saturated carbocycles. The van der Waals surface area contributed by atoms with Gasteiger partial charge in [-0.3, -0.25) is 10.1 Å². The molecule has 0 aliphatic carbocycles. The van der Waals surface area contributed by atoms with Crippen molar-refractivity contribution in [3.05, 3.63) is 57.4 Å². The Balaban J connectivity index is 1.85. The fraction of sp³-hybridized carbons (Fsp3) is 0.111. The highest BCUT2D eigenvalue weighted by molar-refractivity contribution is 5.92. The van der Waals surface area contributed by atoms with E-state index in [1.165, 1.54) is 18.2 Å². The first-order valence-corrected chi connectivity index (χ1v) is 7.72. The van der Waals surface area contributed by atoms with Crippen LogP contribution in [0.15, 0.2) is 30.3 Å². The van der Waals surface area contributed by atoms with Crippen molar-refractivity contribution in [1.29, 1.82) is 5.26 Å². The number of nitriles is 1. The molecule has 128 valence electrons. The monoisotopic (exact) mass is 348 g/mol. The maximum atomic E-state index is 11.4. The van der Waals surface area contributed by atoms with Crippen LogP contribution in [0.5, 0.6) is 11.5 Å². The lowest BCUT2D eigenvalue weighted by atomic mass is 10.1. The molecule has 0 saturated heterocycles. The van der Waals surface area contributed by atoms with Gasteiger partial charge in [0.15, 0.2) is 11.5 Å². The molecule has 0 spiro atoms. The molecule has 0 radical (unpaired) electrons. The Morgan fingerprint density at radius 1 is 1.35 bits per heavy atom. The van der Waals surface area contributed by atoms with Crippen molar-refractivity contribution in [3.63, 3.8) is 0 Å². The lowest BCUT2D eigenvalue weighted by molar-refractivity contribution is -0.385. The zero-order chi connectivity index (χ0) is 18.3. The molecule has 0 unspecified atom stereocenters. The Bertz CT molecular complexity index is 1120. The second-order valence-electron chi connectivity index (χ2n) is 5.80. The van der Waals surface area contributed by atoms with Gasteiger partial charge in [-0.15, -0.1) is 0 Å². The molecule has 4 rings (SSSR count). The summed E-state index contributed by atoms with van der Waals surface area (Å²) < 4.78 is 10.5. The molecule has 2 heterocycles. The maximum Gasteiger partial charge on any atom is 0.280 e. The number of aromatic amines is 1. The van der Waals surface area contributed by atoms with Crippen LogP contribution in [0.2, 0.25) is 0 Å². The first kappa shape index (κ1) is 15.7. The van der Waals surface area contributed by atoms with Crippen molar-refractivity contribution in [1.82, 2.24) is 9.97 Å². The van der Waals surface area contributed by atoms with E-state index in [1.54, 1.807) is 0 Å². The van der Waals surface area contributed by atoms with E-state index in [1.807, 2.05) is 31.2 Å². The Morgan fingerprint density at radius 2 is 2.12 bits per heavy atom. The van der Waals surface area contributed by atoms with Gasteiger partial charge in [-0.2, -0.15) is 5.26 Å². The molecular weight excluding hydrogens is 336 g/mol. The van der Waals surface area contributed by atoms with E-state index in [0.717, 1.165) is 11.1 Å². The topological polar surface area (TPSA) is 114 Å². The predicted molar refractivity (Wildman–Crippen MR) is 93.5 cm³/mol. The molecule has 0 fully saturated rings. The maximum absolute atomic E-state index is 11.4. The van der Waals surface area contributed by atoms with Gasteiger partial charge >= 0.3 is 0 Å². The van der Waals surface area contributed by atoms with Gasteiger partial charge in [-0.1, -0.05) is 6.07 Å². The van der Waals surface area contributed by atoms with Crippen molar-refractivity contribution >= 4 is 28.4 Å². The molecule has 2 aromatic carbocycles. The van der Waals surface area contributed by atoms with E-state index in [2.05, 4.69) is 9.97 Å². The van der Waals surface area contributed by atoms with Crippen molar-refractivity contribution in [2.75, 3.05) is 6.79 Å². The average Bonchev–Trinajstić information content (AvgIpc) is 3.24. The van der Waals surface area contributed by atoms with Crippen LogP contribution in [0.1, 0.15) is 17.0 Å². The third-order valence-corrected chi connectivity index (χ3v) is 4.03. The van der Waals surface area contributed by atoms with Crippen LogP contribution in [0, 0.1) is 28.4 Å². The molecule has 8 nitrogen and oxygen atoms in total. The lowest BCUT2D eigenvalue weighted by Gasteiger charge is -2.01. The van der Waals surface area contributed by atoms with Crippen LogP contribution in [-0.4, -0.2) is 21.7 Å². The van der Waals surface area contributed by atoms with Crippen LogP contribution in [0.25, 0.3) is 22.7 Å². The van der Waals surface area contributed by atoms with Gasteiger partial charge in [0.05, 0.1) is 33.2 Å². The van der Waals surface area contributed by atoms with Crippen LogP contribution < -0.4 is 9.47 Å². The highest BCUT2D eigenvalue weighted by Crippen LogP contribution is 2.39. The van der Waals surface area contributed by atoms with Crippen molar-refractivity contribution in [2.45, 2.75) is 6.92 Å². The number of nitro benzene ring substituents is 1. The molecule has 8 heteroatoms. The number of hydrogen-bond acceptors (Lipinski definition) is 6. The number of H-pyrrole nitrogens is 1. The second kappa shape index (κ2) is 5.89. The molecule has 0 amide bonds. The summed E-state index contributed by atoms with van der Waals surface area (Å²) in [6, 6.07) is 10.5. The van der Waals surface area contributed by atoms with E-state index >= 15 is 0 Å². The van der Waals surface area contributed by atoms with Crippen molar-refractivity contribution < 1.29 is 14.4 Å². The third kappa shape index (κ3) is 2.61. The highest BCUT2D eigenvalue weighted by atomic mass is 16.7. The smallest absolute Gasteiger partial charge is 0.280 e. The van der Waals surface area contributed by atoms with Crippen molar-refractivity contribution in [3.8, 4) is 17.6 Å². The number of nitrogens with zero attached hydrogens (tertiary/aromatic N) is 3. The number of aryl methyl sites for hydroxylation is 1. The van der Waals surface area contributed by atoms with Gasteiger partial charge in [0.1, 0.15) is 11.9 Å². The van der Waals surface area contributed by atoms with Gasteiger partial charge in [-0.25, -0.2) is 4.98 Å². The van der Waals surface area contributed by atoms with E-state index in [-0.39, 0.29) is 23.6 Å². The first-order chi connectivity index (χ1) is 12.5. The number of ether oxygens (including phenoxy) is 2. The minimum absolute atomic E-state index is 0.00763. The summed E-state index contributed by atoms with van der Waals surface area (Å²) in [6.07, 6.45) is 1.42. The van der Waals surface area contributed by atoms with Crippen molar-refractivity contribution in [2.24, 2.45) is 0 Å². The first-order valence-electron chi connectivity index (χ1n) is 7.72. The van der Waals surface area contributed by atoms with E-state index < -0.39 is 4.92 Å². The normalized spacial score (nSPS) is 13.0. The third-order valence-electron chi connectivity index (χ3n) is 4.03. The molecule has 1 N–H and O–H groups in total. The molecule has 1 aromatic heterocycles. The fourth-order valence-electron chi connectivity index (χ4n) is 2.78. The average molecular weight is 348 g/mol. The summed E-state index contributed by atoms with van der Waals surface area (Å²) in [5, 5.41) is 20.9. The second-order valence-corrected chi connectivity index (χ2v) is 5.80. The van der Waals surface area contributed by atoms with Crippen LogP contribution in [0.4, 0.5) is 5.69 Å². The van der Waals surface area contributed by atoms with E-state index in [9.17, 15) is 15.4 Å². The number of aromatic nitrogens is 2. The number of rotatable bonds is 3. The minimum atomic E-state index is -0.523. The molecule has 1 aliphatic heterocycles. The largest absolute Gasteiger partial charge is 0.454 e. The van der Waals surface area contributed by atoms with Gasteiger partial charge in [-0.05, 0) is 36.8 Å². The fourth-order valence-corrected chi connectivity index (χ4v) is 2.78. The number of fused-ring (bicyclic) bond motifs is 2. The summed E-state index contributed by atoms with van der Waals surface area (Å²) in [4.78, 5) is 18.3. The molecule has 3 aromatic rings. The van der Waals surface area contributed by atoms with Gasteiger partial charge in [0.25, 0.3) is 5.69 Å². The Hall–Kier alpha value is -3.86. The van der Waals surface area contributed by atoms with Gasteiger partial charge in [0, 0.05) is 0 Å². The summed E-state index contributed by atoms with van der Waals surface area (Å²) in [6.45, 7) is 1.96. The molecule has 1 aliphatic rings. The highest BCUT2D eigenvalue weighted by Gasteiger charge is 2.23. The Morgan fingerprint density at radius 3 is 2.85 bits per heavy atom. The number of nitro groups is 1. The summed E-state index contributed by atoms with van der Waals surface area (Å²) in [5.41, 5.74) is 2.82. The molecule has 0 bridgehead atoms. The standard InChI is InChI=1S/C18H12N4O4/c1-10-2-3-13-14(4-10)21-18(20-13)12(8-19)5-11-6-16-17(26-9-25-16)7-15(11)22(23)24/h2-7H,9H2,1H3,(H,20,21)/b12-5+. The van der Waals surface area contributed by atoms with Crippen LogP contribution in [0.3, 0.4) is 0 Å². The van der Waals surface area contributed by atoms with E-state index in [0.29, 0.717) is 22.8 Å². The van der Waals surface area contributed by atoms with E-state index in [4.69, 9.17) is 9.47 Å². The van der Waals surface area contributed by atoms with Crippen LogP contribution in [-0.2, 0) is 0 Å². The minimum Gasteiger partial charge on any atom is -0.454 e. The quantitative estimate of drug-likeness (QED) is 0.439. The summed E-state index contributed by atoms with van der Waals surface area (Å²) >= 11 is 0. The number of imidazole rings is 1. The molecule has 0 atom stereocenters. The number of benzene rings is 2. The lowest BCUT2D eigenvalue weighted by Crippen LogP contribution is -1.93. The summed E-state index contributed by atoms with van der Waals surface area (Å²) in [5.74, 6) is 1.06.